The third-order valence-corrected chi connectivity index (χ3v) is 15.6. The van der Waals surface area contributed by atoms with Gasteiger partial charge in [0.1, 0.15) is 36.2 Å². The molecule has 0 unspecified atom stereocenters. The van der Waals surface area contributed by atoms with E-state index in [1.807, 2.05) is 109 Å². The Morgan fingerprint density at radius 3 is 1.21 bits per heavy atom. The first-order chi connectivity index (χ1) is 34.8. The number of rotatable bonds is 6. The van der Waals surface area contributed by atoms with Crippen LogP contribution in [0.5, 0.6) is 23.0 Å². The molecule has 72 heavy (non-hydrogen) atoms. The average molecular weight is 935 g/mol. The third-order valence-electron chi connectivity index (χ3n) is 15.6. The topological polar surface area (TPSA) is 71.1 Å². The van der Waals surface area contributed by atoms with Crippen molar-refractivity contribution in [3.63, 3.8) is 0 Å². The first-order valence-corrected chi connectivity index (χ1v) is 25.0. The van der Waals surface area contributed by atoms with Crippen molar-refractivity contribution in [3.8, 4) is 45.3 Å². The smallest absolute Gasteiger partial charge is 0.338 e. The number of fused-ring (bicyclic) bond motifs is 8. The first-order valence-electron chi connectivity index (χ1n) is 25.0. The number of carbonyl (C=O) groups excluding carboxylic acids is 2. The number of para-hydroxylation sites is 2. The van der Waals surface area contributed by atoms with Crippen molar-refractivity contribution in [1.82, 2.24) is 0 Å². The Hall–Kier alpha value is -8.09. The molecule has 0 spiro atoms. The molecule has 0 bridgehead atoms. The number of esters is 2. The van der Waals surface area contributed by atoms with Crippen LogP contribution in [0.3, 0.4) is 0 Å². The van der Waals surface area contributed by atoms with E-state index in [1.54, 1.807) is 0 Å². The maximum absolute atomic E-state index is 14.3. The Kier molecular flexibility index (Phi) is 9.03. The van der Waals surface area contributed by atoms with Gasteiger partial charge in [-0.3, -0.25) is 0 Å². The molecular weight excluding hydrogens is 886 g/mol. The van der Waals surface area contributed by atoms with Crippen molar-refractivity contribution in [3.05, 3.63) is 191 Å². The molecule has 0 N–H and O–H groups in total. The van der Waals surface area contributed by atoms with Gasteiger partial charge >= 0.3 is 11.9 Å². The molecule has 0 aromatic heterocycles. The minimum absolute atomic E-state index is 0.162. The van der Waals surface area contributed by atoms with Gasteiger partial charge < -0.3 is 18.9 Å². The van der Waals surface area contributed by atoms with Crippen LogP contribution in [0.15, 0.2) is 158 Å². The molecule has 0 atom stereocenters. The predicted molar refractivity (Wildman–Crippen MR) is 292 cm³/mol. The maximum atomic E-state index is 14.3. The van der Waals surface area contributed by atoms with E-state index in [9.17, 15) is 9.59 Å². The van der Waals surface area contributed by atoms with Crippen molar-refractivity contribution in [2.45, 2.75) is 65.6 Å². The molecule has 0 radical (unpaired) electrons. The summed E-state index contributed by atoms with van der Waals surface area (Å²) in [6.45, 7) is 13.8. The van der Waals surface area contributed by atoms with Crippen LogP contribution in [0, 0.1) is 0 Å². The Morgan fingerprint density at radius 1 is 0.417 bits per heavy atom. The molecule has 0 fully saturated rings. The van der Waals surface area contributed by atoms with Gasteiger partial charge in [0.25, 0.3) is 13.4 Å². The van der Waals surface area contributed by atoms with Crippen molar-refractivity contribution in [2.24, 2.45) is 0 Å². The molecular formula is C64H48B2O6. The summed E-state index contributed by atoms with van der Waals surface area (Å²) in [6.07, 6.45) is 0. The predicted octanol–water partition coefficient (Wildman–Crippen LogP) is 11.1. The molecule has 346 valence electrons. The molecule has 10 aromatic rings. The summed E-state index contributed by atoms with van der Waals surface area (Å²) in [6, 6.07) is 54.0. The highest BCUT2D eigenvalue weighted by atomic mass is 16.5. The molecule has 0 amide bonds. The minimum Gasteiger partial charge on any atom is -0.458 e. The quantitative estimate of drug-likeness (QED) is 0.0940. The van der Waals surface area contributed by atoms with Gasteiger partial charge in [-0.2, -0.15) is 0 Å². The Bertz CT molecular complexity index is 3740. The highest BCUT2D eigenvalue weighted by molar-refractivity contribution is 7.01. The second-order valence-electron chi connectivity index (χ2n) is 22.1. The molecule has 4 heterocycles. The van der Waals surface area contributed by atoms with Gasteiger partial charge in [-0.05, 0) is 158 Å². The average Bonchev–Trinajstić information content (AvgIpc) is 3.38. The molecule has 0 saturated carbocycles. The second-order valence-corrected chi connectivity index (χ2v) is 22.1. The Morgan fingerprint density at radius 2 is 0.806 bits per heavy atom. The van der Waals surface area contributed by atoms with Gasteiger partial charge in [0.05, 0.1) is 11.1 Å². The molecule has 14 rings (SSSR count). The molecule has 4 aliphatic rings. The summed E-state index contributed by atoms with van der Waals surface area (Å²) >= 11 is 0. The fraction of sp³-hybridized carbons (Fsp3) is 0.156. The van der Waals surface area contributed by atoms with Crippen LogP contribution >= 0.6 is 0 Å². The van der Waals surface area contributed by atoms with Crippen molar-refractivity contribution < 1.29 is 28.5 Å². The van der Waals surface area contributed by atoms with Crippen LogP contribution < -0.4 is 42.3 Å². The molecule has 8 heteroatoms. The van der Waals surface area contributed by atoms with Gasteiger partial charge in [-0.15, -0.1) is 0 Å². The van der Waals surface area contributed by atoms with Crippen molar-refractivity contribution in [1.29, 1.82) is 0 Å². The summed E-state index contributed by atoms with van der Waals surface area (Å²) in [4.78, 5) is 28.6. The summed E-state index contributed by atoms with van der Waals surface area (Å²) in [5, 5.41) is 7.22. The lowest BCUT2D eigenvalue weighted by atomic mass is 9.31. The van der Waals surface area contributed by atoms with Crippen molar-refractivity contribution >= 4 is 90.5 Å². The zero-order valence-corrected chi connectivity index (χ0v) is 41.0. The van der Waals surface area contributed by atoms with E-state index in [4.69, 9.17) is 18.9 Å². The van der Waals surface area contributed by atoms with Crippen LogP contribution in [-0.2, 0) is 33.5 Å². The maximum Gasteiger partial charge on any atom is 0.338 e. The normalized spacial score (nSPS) is 13.5. The molecule has 10 aromatic carbocycles. The van der Waals surface area contributed by atoms with Gasteiger partial charge in [-0.1, -0.05) is 162 Å². The van der Waals surface area contributed by atoms with E-state index in [1.165, 1.54) is 54.4 Å². The zero-order valence-electron chi connectivity index (χ0n) is 41.0. The molecule has 0 aliphatic carbocycles. The number of benzene rings is 10. The van der Waals surface area contributed by atoms with Gasteiger partial charge in [0.2, 0.25) is 0 Å². The summed E-state index contributed by atoms with van der Waals surface area (Å²) < 4.78 is 25.8. The third kappa shape index (κ3) is 6.24. The number of carbonyl (C=O) groups is 2. The lowest BCUT2D eigenvalue weighted by Gasteiger charge is -2.39. The number of hydrogen-bond acceptors (Lipinski definition) is 6. The highest BCUT2D eigenvalue weighted by Gasteiger charge is 2.45. The van der Waals surface area contributed by atoms with Crippen LogP contribution in [0.25, 0.3) is 54.6 Å². The monoisotopic (exact) mass is 934 g/mol. The Balaban J connectivity index is 1.09. The van der Waals surface area contributed by atoms with Crippen LogP contribution in [-0.4, -0.2) is 25.4 Å². The van der Waals surface area contributed by atoms with E-state index >= 15 is 0 Å². The molecule has 4 aliphatic heterocycles. The van der Waals surface area contributed by atoms with Crippen molar-refractivity contribution in [2.75, 3.05) is 0 Å². The van der Waals surface area contributed by atoms with Gasteiger partial charge in [0.15, 0.2) is 0 Å². The van der Waals surface area contributed by atoms with E-state index in [0.29, 0.717) is 22.6 Å². The highest BCUT2D eigenvalue weighted by Crippen LogP contribution is 2.51. The summed E-state index contributed by atoms with van der Waals surface area (Å²) in [7, 11) is 0. The fourth-order valence-corrected chi connectivity index (χ4v) is 12.5. The number of ether oxygens (including phenoxy) is 4. The number of hydrogen-bond donors (Lipinski definition) is 0. The minimum atomic E-state index is -0.402. The second kappa shape index (κ2) is 15.2. The standard InChI is InChI=1S/C64H48B2O6/c1-63(2,3)45-29-39-41-25-37(61(67)69-33-35-17-9-7-10-18-35)27-53-59(41)66(48-22-14-16-24-52(48)71-53)50-32-44-46(64(4,5)6)30-40-42-26-38(62(68)70-34-36-19-11-8-12-20-36)28-54-60(42)65(47-21-13-15-23-51(47)72-54)49-31-43(45)57(55(39)50)58(44)56(40)49/h7-32H,33-34H2,1-6H3. The fourth-order valence-electron chi connectivity index (χ4n) is 12.5. The molecule has 0 saturated heterocycles. The largest absolute Gasteiger partial charge is 0.458 e. The SMILES string of the molecule is CC(C)(C)c1cc2c3c(cc4c(C(C)(C)C)cc5c6c(cc1c3c46)B1c3ccccc3Oc3cc(C(=O)OCc4ccccc4)cc-5c31)B1c3ccccc3Oc3cc(C(=O)OCc4ccccc4)cc-2c31. The first kappa shape index (κ1) is 42.8. The van der Waals surface area contributed by atoms with Gasteiger partial charge in [0, 0.05) is 0 Å². The molecule has 6 nitrogen and oxygen atoms in total. The Labute approximate surface area is 419 Å². The van der Waals surface area contributed by atoms with Gasteiger partial charge in [-0.25, -0.2) is 9.59 Å². The van der Waals surface area contributed by atoms with E-state index < -0.39 is 11.9 Å². The zero-order chi connectivity index (χ0) is 48.9. The van der Waals surface area contributed by atoms with E-state index in [-0.39, 0.29) is 37.5 Å². The van der Waals surface area contributed by atoms with Crippen LogP contribution in [0.2, 0.25) is 0 Å². The van der Waals surface area contributed by atoms with E-state index in [0.717, 1.165) is 66.7 Å². The van der Waals surface area contributed by atoms with Crippen LogP contribution in [0.1, 0.15) is 84.5 Å². The lowest BCUT2D eigenvalue weighted by Crippen LogP contribution is -2.58. The summed E-state index contributed by atoms with van der Waals surface area (Å²) in [5.74, 6) is 2.09. The lowest BCUT2D eigenvalue weighted by molar-refractivity contribution is 0.0464. The summed E-state index contributed by atoms with van der Waals surface area (Å²) in [5.41, 5.74) is 15.4. The van der Waals surface area contributed by atoms with E-state index in [2.05, 4.69) is 90.1 Å². The van der Waals surface area contributed by atoms with Crippen LogP contribution in [0.4, 0.5) is 0 Å².